The summed E-state index contributed by atoms with van der Waals surface area (Å²) in [5, 5.41) is 17.1. The number of hydrogen-bond donors (Lipinski definition) is 1. The van der Waals surface area contributed by atoms with Crippen molar-refractivity contribution in [3.05, 3.63) is 65.1 Å². The van der Waals surface area contributed by atoms with E-state index in [1.54, 1.807) is 18.3 Å². The van der Waals surface area contributed by atoms with Gasteiger partial charge in [-0.25, -0.2) is 23.4 Å². The van der Waals surface area contributed by atoms with Crippen molar-refractivity contribution in [2.75, 3.05) is 0 Å². The highest BCUT2D eigenvalue weighted by atomic mass is 32.2. The van der Waals surface area contributed by atoms with E-state index in [-0.39, 0.29) is 12.1 Å². The van der Waals surface area contributed by atoms with Gasteiger partial charge in [-0.2, -0.15) is 9.47 Å². The number of aliphatic hydroxyl groups is 1. The summed E-state index contributed by atoms with van der Waals surface area (Å²) in [6, 6.07) is 5.17. The lowest BCUT2D eigenvalue weighted by Crippen LogP contribution is -2.41. The van der Waals surface area contributed by atoms with Crippen LogP contribution < -0.4 is 0 Å². The molecule has 0 radical (unpaired) electrons. The first kappa shape index (κ1) is 21.0. The second-order valence-corrected chi connectivity index (χ2v) is 10.0. The summed E-state index contributed by atoms with van der Waals surface area (Å²) in [6.45, 7) is 3.71. The van der Waals surface area contributed by atoms with Crippen LogP contribution in [0.5, 0.6) is 0 Å². The smallest absolute Gasteiger partial charge is 0.184 e. The minimum atomic E-state index is -1.69. The third-order valence-electron chi connectivity index (χ3n) is 4.58. The zero-order valence-electron chi connectivity index (χ0n) is 16.0. The van der Waals surface area contributed by atoms with Crippen LogP contribution in [0.15, 0.2) is 46.6 Å². The molecule has 30 heavy (non-hydrogen) atoms. The van der Waals surface area contributed by atoms with Crippen LogP contribution in [0.4, 0.5) is 8.78 Å². The van der Waals surface area contributed by atoms with Crippen molar-refractivity contribution in [1.29, 1.82) is 0 Å². The van der Waals surface area contributed by atoms with Crippen molar-refractivity contribution in [2.45, 2.75) is 35.6 Å². The van der Waals surface area contributed by atoms with Crippen LogP contribution in [0.3, 0.4) is 0 Å². The molecule has 4 rings (SSSR count). The van der Waals surface area contributed by atoms with E-state index in [9.17, 15) is 13.9 Å². The lowest BCUT2D eigenvalue weighted by Gasteiger charge is -2.33. The molecule has 3 aromatic heterocycles. The Morgan fingerprint density at radius 3 is 2.80 bits per heavy atom. The zero-order valence-corrected chi connectivity index (χ0v) is 18.4. The van der Waals surface area contributed by atoms with Crippen LogP contribution in [-0.2, 0) is 12.1 Å². The van der Waals surface area contributed by atoms with Gasteiger partial charge < -0.3 is 5.11 Å². The number of thiophene rings is 1. The van der Waals surface area contributed by atoms with Gasteiger partial charge in [-0.3, -0.25) is 0 Å². The van der Waals surface area contributed by atoms with E-state index < -0.39 is 22.5 Å². The highest BCUT2D eigenvalue weighted by Gasteiger charge is 2.40. The molecule has 0 fully saturated rings. The molecule has 0 aliphatic carbocycles. The molecular weight excluding hydrogens is 448 g/mol. The van der Waals surface area contributed by atoms with Crippen LogP contribution in [0.1, 0.15) is 18.1 Å². The molecule has 1 unspecified atom stereocenters. The van der Waals surface area contributed by atoms with E-state index in [4.69, 9.17) is 0 Å². The molecule has 2 atom stereocenters. The van der Waals surface area contributed by atoms with Crippen LogP contribution in [-0.4, -0.2) is 34.5 Å². The quantitative estimate of drug-likeness (QED) is 0.405. The topological polar surface area (TPSA) is 76.7 Å². The second-order valence-electron chi connectivity index (χ2n) is 6.77. The average molecular weight is 466 g/mol. The summed E-state index contributed by atoms with van der Waals surface area (Å²) in [7, 11) is 0. The fraction of sp³-hybridized carbons (Fsp3) is 0.263. The maximum Gasteiger partial charge on any atom is 0.184 e. The number of nitrogens with zero attached hydrogens (tertiary/aromatic N) is 5. The van der Waals surface area contributed by atoms with Gasteiger partial charge in [0.1, 0.15) is 29.9 Å². The predicted molar refractivity (Wildman–Crippen MR) is 114 cm³/mol. The number of thioether (sulfide) groups is 1. The molecule has 0 saturated heterocycles. The number of benzene rings is 1. The predicted octanol–water partition coefficient (Wildman–Crippen LogP) is 4.51. The zero-order chi connectivity index (χ0) is 21.3. The molecule has 0 aliphatic heterocycles. The van der Waals surface area contributed by atoms with E-state index in [1.807, 2.05) is 18.4 Å². The molecule has 0 saturated carbocycles. The van der Waals surface area contributed by atoms with Crippen molar-refractivity contribution in [2.24, 2.45) is 0 Å². The number of aryl methyl sites for hydroxylation is 1. The average Bonchev–Trinajstić information content (AvgIpc) is 3.44. The molecule has 156 valence electrons. The molecular formula is C19H17F2N5OS3. The Morgan fingerprint density at radius 1 is 1.30 bits per heavy atom. The lowest BCUT2D eigenvalue weighted by atomic mass is 9.90. The normalized spacial score (nSPS) is 14.6. The number of hydrogen-bond acceptors (Lipinski definition) is 8. The number of rotatable bonds is 7. The molecule has 3 heterocycles. The molecule has 4 aromatic rings. The summed E-state index contributed by atoms with van der Waals surface area (Å²) in [5.74, 6) is -0.905. The first-order valence-corrected chi connectivity index (χ1v) is 11.4. The largest absolute Gasteiger partial charge is 0.382 e. The van der Waals surface area contributed by atoms with Gasteiger partial charge in [-0.1, -0.05) is 17.8 Å². The Bertz CT molecular complexity index is 1150. The van der Waals surface area contributed by atoms with Gasteiger partial charge >= 0.3 is 0 Å². The van der Waals surface area contributed by atoms with Crippen molar-refractivity contribution < 1.29 is 13.9 Å². The molecule has 0 spiro atoms. The first-order valence-electron chi connectivity index (χ1n) is 8.91. The van der Waals surface area contributed by atoms with E-state index in [0.717, 1.165) is 22.6 Å². The number of halogens is 2. The van der Waals surface area contributed by atoms with Gasteiger partial charge in [-0.15, -0.1) is 11.3 Å². The Morgan fingerprint density at radius 2 is 2.13 bits per heavy atom. The van der Waals surface area contributed by atoms with Gasteiger partial charge in [-0.05, 0) is 48.5 Å². The van der Waals surface area contributed by atoms with Gasteiger partial charge in [0.05, 0.1) is 11.4 Å². The summed E-state index contributed by atoms with van der Waals surface area (Å²) in [5.41, 5.74) is -0.569. The van der Waals surface area contributed by atoms with Gasteiger partial charge in [0, 0.05) is 16.9 Å². The fourth-order valence-electron chi connectivity index (χ4n) is 2.99. The minimum Gasteiger partial charge on any atom is -0.382 e. The van der Waals surface area contributed by atoms with Crippen LogP contribution in [0.2, 0.25) is 0 Å². The van der Waals surface area contributed by atoms with Crippen LogP contribution in [0.25, 0.3) is 10.7 Å². The van der Waals surface area contributed by atoms with Crippen molar-refractivity contribution >= 4 is 34.6 Å². The Balaban J connectivity index is 1.64. The summed E-state index contributed by atoms with van der Waals surface area (Å²) >= 11 is 4.06. The molecule has 0 bridgehead atoms. The van der Waals surface area contributed by atoms with Crippen molar-refractivity contribution in [3.8, 4) is 10.7 Å². The van der Waals surface area contributed by atoms with Gasteiger partial charge in [0.15, 0.2) is 10.2 Å². The van der Waals surface area contributed by atoms with E-state index in [0.29, 0.717) is 10.2 Å². The summed E-state index contributed by atoms with van der Waals surface area (Å²) in [6.07, 6.45) is 2.77. The maximum absolute atomic E-state index is 14.6. The van der Waals surface area contributed by atoms with E-state index in [2.05, 4.69) is 19.4 Å². The minimum absolute atomic E-state index is 0.0157. The SMILES string of the molecule is Cc1csc(-c2nsc(S[C@H](C)C(O)(Cn3cncn3)c3ccc(F)cc3F)n2)c1. The molecule has 0 amide bonds. The molecule has 0 aliphatic rings. The summed E-state index contributed by atoms with van der Waals surface area (Å²) < 4.78 is 34.5. The second kappa shape index (κ2) is 8.50. The monoisotopic (exact) mass is 465 g/mol. The third-order valence-corrected chi connectivity index (χ3v) is 7.68. The molecule has 1 N–H and O–H groups in total. The van der Waals surface area contributed by atoms with Crippen LogP contribution >= 0.6 is 34.6 Å². The molecule has 11 heteroatoms. The van der Waals surface area contributed by atoms with Crippen molar-refractivity contribution in [3.63, 3.8) is 0 Å². The lowest BCUT2D eigenvalue weighted by molar-refractivity contribution is 0.0133. The van der Waals surface area contributed by atoms with Crippen molar-refractivity contribution in [1.82, 2.24) is 24.1 Å². The standard InChI is InChI=1S/C19H17F2N5OS3/c1-11-5-16(28-7-11)17-24-18(30-25-17)29-12(2)19(27,8-26-10-22-9-23-26)14-4-3-13(20)6-15(14)21/h3-7,9-10,12,27H,8H2,1-2H3/t12-,19?/m1/s1. The van der Waals surface area contributed by atoms with Gasteiger partial charge in [0.2, 0.25) is 0 Å². The molecule has 1 aromatic carbocycles. The fourth-order valence-corrected chi connectivity index (χ4v) is 5.86. The highest BCUT2D eigenvalue weighted by molar-refractivity contribution is 8.01. The summed E-state index contributed by atoms with van der Waals surface area (Å²) in [4.78, 5) is 9.40. The number of aromatic nitrogens is 5. The Labute approximate surface area is 183 Å². The maximum atomic E-state index is 14.6. The van der Waals surface area contributed by atoms with Gasteiger partial charge in [0.25, 0.3) is 0 Å². The Hall–Kier alpha value is -2.21. The van der Waals surface area contributed by atoms with E-state index >= 15 is 0 Å². The van der Waals surface area contributed by atoms with E-state index in [1.165, 1.54) is 46.7 Å². The van der Waals surface area contributed by atoms with Crippen LogP contribution in [0, 0.1) is 18.6 Å². The Kier molecular flexibility index (Phi) is 5.96. The first-order chi connectivity index (χ1) is 14.3. The third kappa shape index (κ3) is 4.29. The molecule has 6 nitrogen and oxygen atoms in total. The highest BCUT2D eigenvalue weighted by Crippen LogP contribution is 2.40.